The van der Waals surface area contributed by atoms with Crippen LogP contribution in [0.5, 0.6) is 0 Å². The Morgan fingerprint density at radius 2 is 2.00 bits per heavy atom. The number of amides is 2. The van der Waals surface area contributed by atoms with Crippen LogP contribution in [0.1, 0.15) is 39.5 Å². The first kappa shape index (κ1) is 17.1. The molecule has 20 heavy (non-hydrogen) atoms. The number of thioether (sulfide) groups is 1. The van der Waals surface area contributed by atoms with Crippen molar-refractivity contribution < 1.29 is 14.7 Å². The number of urea groups is 1. The highest BCUT2D eigenvalue weighted by Gasteiger charge is 2.31. The fourth-order valence-electron chi connectivity index (χ4n) is 2.34. The Kier molecular flexibility index (Phi) is 6.65. The average molecular weight is 302 g/mol. The smallest absolute Gasteiger partial charge is 0.326 e. The van der Waals surface area contributed by atoms with Crippen LogP contribution in [0, 0.1) is 5.41 Å². The summed E-state index contributed by atoms with van der Waals surface area (Å²) in [6, 6.07) is -1.02. The summed E-state index contributed by atoms with van der Waals surface area (Å²) < 4.78 is 0. The maximum absolute atomic E-state index is 12.1. The van der Waals surface area contributed by atoms with Gasteiger partial charge in [-0.3, -0.25) is 0 Å². The Morgan fingerprint density at radius 3 is 2.45 bits per heavy atom. The van der Waals surface area contributed by atoms with Crippen molar-refractivity contribution in [2.45, 2.75) is 45.6 Å². The van der Waals surface area contributed by atoms with Crippen LogP contribution in [0.15, 0.2) is 0 Å². The second-order valence-electron chi connectivity index (χ2n) is 5.77. The number of hydrogen-bond donors (Lipinski definition) is 2. The molecule has 6 heteroatoms. The highest BCUT2D eigenvalue weighted by molar-refractivity contribution is 7.98. The lowest BCUT2D eigenvalue weighted by molar-refractivity contribution is -0.139. The lowest BCUT2D eigenvalue weighted by atomic mass is 9.78. The summed E-state index contributed by atoms with van der Waals surface area (Å²) in [6.45, 7) is 5.86. The zero-order chi connectivity index (χ0) is 15.2. The molecule has 0 saturated carbocycles. The third-order valence-corrected chi connectivity index (χ3v) is 4.96. The Hall–Kier alpha value is -0.910. The van der Waals surface area contributed by atoms with Crippen molar-refractivity contribution in [2.24, 2.45) is 5.41 Å². The number of carboxylic acid groups (broad SMARTS) is 1. The molecule has 0 spiro atoms. The maximum atomic E-state index is 12.1. The molecule has 2 amide bonds. The van der Waals surface area contributed by atoms with Gasteiger partial charge in [0.2, 0.25) is 0 Å². The minimum Gasteiger partial charge on any atom is -0.480 e. The van der Waals surface area contributed by atoms with Crippen LogP contribution >= 0.6 is 11.8 Å². The second-order valence-corrected chi connectivity index (χ2v) is 6.76. The first-order valence-electron chi connectivity index (χ1n) is 7.19. The summed E-state index contributed by atoms with van der Waals surface area (Å²) in [6.07, 6.45) is 5.48. The quantitative estimate of drug-likeness (QED) is 0.790. The van der Waals surface area contributed by atoms with Gasteiger partial charge >= 0.3 is 12.0 Å². The maximum Gasteiger partial charge on any atom is 0.326 e. The number of likely N-dealkylation sites (tertiary alicyclic amines) is 1. The number of carbonyl (C=O) groups excluding carboxylic acids is 1. The summed E-state index contributed by atoms with van der Waals surface area (Å²) in [5.74, 6) is -0.228. The molecule has 0 radical (unpaired) electrons. The van der Waals surface area contributed by atoms with Crippen LogP contribution in [-0.2, 0) is 4.79 Å². The largest absolute Gasteiger partial charge is 0.480 e. The Labute approximate surface area is 125 Å². The van der Waals surface area contributed by atoms with Gasteiger partial charge in [-0.1, -0.05) is 20.3 Å². The summed E-state index contributed by atoms with van der Waals surface area (Å²) in [5.41, 5.74) is 0.321. The molecule has 1 atom stereocenters. The molecule has 2 N–H and O–H groups in total. The summed E-state index contributed by atoms with van der Waals surface area (Å²) in [7, 11) is 0. The Morgan fingerprint density at radius 1 is 1.40 bits per heavy atom. The molecule has 5 nitrogen and oxygen atoms in total. The van der Waals surface area contributed by atoms with Gasteiger partial charge < -0.3 is 15.3 Å². The molecule has 0 aromatic rings. The predicted octanol–water partition coefficient (Wildman–Crippen LogP) is 2.41. The minimum atomic E-state index is -0.956. The summed E-state index contributed by atoms with van der Waals surface area (Å²) >= 11 is 1.58. The van der Waals surface area contributed by atoms with Gasteiger partial charge in [0.25, 0.3) is 0 Å². The fraction of sp³-hybridized carbons (Fsp3) is 0.857. The number of carboxylic acids is 1. The van der Waals surface area contributed by atoms with Crippen LogP contribution in [0.2, 0.25) is 0 Å². The fourth-order valence-corrected chi connectivity index (χ4v) is 2.81. The topological polar surface area (TPSA) is 69.6 Å². The zero-order valence-corrected chi connectivity index (χ0v) is 13.5. The average Bonchev–Trinajstić information content (AvgIpc) is 2.43. The molecule has 1 rings (SSSR count). The van der Waals surface area contributed by atoms with Crippen molar-refractivity contribution in [1.29, 1.82) is 0 Å². The van der Waals surface area contributed by atoms with Crippen LogP contribution < -0.4 is 5.32 Å². The molecule has 1 fully saturated rings. The number of nitrogens with zero attached hydrogens (tertiary/aromatic N) is 1. The van der Waals surface area contributed by atoms with Gasteiger partial charge in [0.15, 0.2) is 0 Å². The van der Waals surface area contributed by atoms with E-state index in [4.69, 9.17) is 5.11 Å². The Bertz CT molecular complexity index is 341. The molecule has 0 bridgehead atoms. The van der Waals surface area contributed by atoms with E-state index in [0.29, 0.717) is 24.9 Å². The van der Waals surface area contributed by atoms with Gasteiger partial charge in [-0.25, -0.2) is 9.59 Å². The van der Waals surface area contributed by atoms with Crippen molar-refractivity contribution in [3.05, 3.63) is 0 Å². The molecule has 1 aliphatic rings. The van der Waals surface area contributed by atoms with Gasteiger partial charge in [0.1, 0.15) is 6.04 Å². The van der Waals surface area contributed by atoms with Crippen molar-refractivity contribution in [3.63, 3.8) is 0 Å². The first-order valence-corrected chi connectivity index (χ1v) is 8.58. The molecule has 1 aliphatic heterocycles. The lowest BCUT2D eigenvalue weighted by Gasteiger charge is -2.39. The summed E-state index contributed by atoms with van der Waals surface area (Å²) in [5, 5.41) is 11.8. The third-order valence-electron chi connectivity index (χ3n) is 4.32. The van der Waals surface area contributed by atoms with E-state index < -0.39 is 12.0 Å². The number of hydrogen-bond acceptors (Lipinski definition) is 3. The van der Waals surface area contributed by atoms with E-state index in [1.54, 1.807) is 16.7 Å². The molecule has 1 saturated heterocycles. The normalized spacial score (nSPS) is 19.4. The number of nitrogens with one attached hydrogen (secondary N) is 1. The van der Waals surface area contributed by atoms with Crippen LogP contribution in [0.4, 0.5) is 4.79 Å². The number of rotatable bonds is 6. The second kappa shape index (κ2) is 7.76. The van der Waals surface area contributed by atoms with Crippen LogP contribution in [0.25, 0.3) is 0 Å². The van der Waals surface area contributed by atoms with Crippen LogP contribution in [0.3, 0.4) is 0 Å². The van der Waals surface area contributed by atoms with E-state index in [2.05, 4.69) is 19.2 Å². The SMILES string of the molecule is CCC1(C)CCN(C(=O)N[C@@H](CCSC)C(=O)O)CC1. The zero-order valence-electron chi connectivity index (χ0n) is 12.6. The van der Waals surface area contributed by atoms with Crippen LogP contribution in [-0.4, -0.2) is 53.1 Å². The number of piperidine rings is 1. The summed E-state index contributed by atoms with van der Waals surface area (Å²) in [4.78, 5) is 25.0. The highest BCUT2D eigenvalue weighted by atomic mass is 32.2. The molecule has 0 aromatic heterocycles. The lowest BCUT2D eigenvalue weighted by Crippen LogP contribution is -2.51. The first-order chi connectivity index (χ1) is 9.41. The molecule has 0 aliphatic carbocycles. The van der Waals surface area contributed by atoms with E-state index in [1.165, 1.54) is 0 Å². The molecular weight excluding hydrogens is 276 g/mol. The van der Waals surface area contributed by atoms with Crippen molar-refractivity contribution >= 4 is 23.8 Å². The van der Waals surface area contributed by atoms with Gasteiger partial charge in [-0.15, -0.1) is 0 Å². The minimum absolute atomic E-state index is 0.239. The van der Waals surface area contributed by atoms with Gasteiger partial charge in [0, 0.05) is 13.1 Å². The van der Waals surface area contributed by atoms with Gasteiger partial charge in [-0.05, 0) is 36.7 Å². The van der Waals surface area contributed by atoms with E-state index in [1.807, 2.05) is 6.26 Å². The molecule has 1 heterocycles. The Balaban J connectivity index is 2.47. The van der Waals surface area contributed by atoms with E-state index in [9.17, 15) is 9.59 Å². The molecule has 116 valence electrons. The predicted molar refractivity (Wildman–Crippen MR) is 82.2 cm³/mol. The standard InChI is InChI=1S/C14H26N2O3S/c1-4-14(2)6-8-16(9-7-14)13(19)15-11(12(17)18)5-10-20-3/h11H,4-10H2,1-3H3,(H,15,19)(H,17,18)/t11-/m0/s1. The molecule has 0 unspecified atom stereocenters. The monoisotopic (exact) mass is 302 g/mol. The molecule has 0 aromatic carbocycles. The number of aliphatic carboxylic acids is 1. The van der Waals surface area contributed by atoms with Crippen molar-refractivity contribution in [1.82, 2.24) is 10.2 Å². The highest BCUT2D eigenvalue weighted by Crippen LogP contribution is 2.33. The molecular formula is C14H26N2O3S. The van der Waals surface area contributed by atoms with E-state index in [-0.39, 0.29) is 6.03 Å². The van der Waals surface area contributed by atoms with Gasteiger partial charge in [0.05, 0.1) is 0 Å². The van der Waals surface area contributed by atoms with E-state index >= 15 is 0 Å². The van der Waals surface area contributed by atoms with Crippen molar-refractivity contribution in [2.75, 3.05) is 25.1 Å². The number of carbonyl (C=O) groups is 2. The van der Waals surface area contributed by atoms with E-state index in [0.717, 1.165) is 25.0 Å². The van der Waals surface area contributed by atoms with Gasteiger partial charge in [-0.2, -0.15) is 11.8 Å². The third kappa shape index (κ3) is 4.89. The van der Waals surface area contributed by atoms with Crippen molar-refractivity contribution in [3.8, 4) is 0 Å².